The number of nitrogens with zero attached hydrogens (tertiary/aromatic N) is 1. The molecule has 0 aliphatic carbocycles. The van der Waals surface area contributed by atoms with Crippen molar-refractivity contribution < 1.29 is 68.7 Å². The normalized spacial score (nSPS) is 17.5. The van der Waals surface area contributed by atoms with Gasteiger partial charge in [-0.1, -0.05) is 0 Å². The average Bonchev–Trinajstić information content (AvgIpc) is 3.44. The molecular formula is C25H38N6O14. The summed E-state index contributed by atoms with van der Waals surface area (Å²) in [6.45, 7) is 0.871. The van der Waals surface area contributed by atoms with Gasteiger partial charge in [0.1, 0.15) is 30.2 Å². The molecule has 45 heavy (non-hydrogen) atoms. The number of hydrogen-bond donors (Lipinski definition) is 10. The number of nitrogens with one attached hydrogen (secondary N) is 4. The molecule has 0 saturated carbocycles. The molecule has 1 fully saturated rings. The molecule has 1 aliphatic rings. The number of carbonyl (C=O) groups is 9. The van der Waals surface area contributed by atoms with Gasteiger partial charge in [0.05, 0.1) is 19.1 Å². The van der Waals surface area contributed by atoms with Crippen LogP contribution in [0.1, 0.15) is 51.9 Å². The third-order valence-electron chi connectivity index (χ3n) is 6.67. The summed E-state index contributed by atoms with van der Waals surface area (Å²) in [6, 6.07) is -8.15. The van der Waals surface area contributed by atoms with Crippen LogP contribution in [0.3, 0.4) is 0 Å². The first kappa shape index (κ1) is 38.2. The van der Waals surface area contributed by atoms with Crippen molar-refractivity contribution in [3.63, 3.8) is 0 Å². The van der Waals surface area contributed by atoms with E-state index >= 15 is 0 Å². The fraction of sp³-hybridized carbons (Fsp3) is 0.640. The Bertz CT molecular complexity index is 1160. The quantitative estimate of drug-likeness (QED) is 0.0632. The maximum Gasteiger partial charge on any atom is 0.326 e. The van der Waals surface area contributed by atoms with Crippen molar-refractivity contribution in [1.82, 2.24) is 26.2 Å². The number of hydrogen-bond acceptors (Lipinski definition) is 11. The lowest BCUT2D eigenvalue weighted by atomic mass is 10.0. The molecule has 20 heteroatoms. The Labute approximate surface area is 255 Å². The molecule has 252 valence electrons. The molecule has 1 aliphatic heterocycles. The van der Waals surface area contributed by atoms with Gasteiger partial charge in [0.2, 0.25) is 29.5 Å². The second-order valence-electron chi connectivity index (χ2n) is 10.2. The molecular weight excluding hydrogens is 608 g/mol. The van der Waals surface area contributed by atoms with Gasteiger partial charge in [-0.05, 0) is 32.6 Å². The molecule has 1 heterocycles. The maximum absolute atomic E-state index is 13.2. The van der Waals surface area contributed by atoms with Crippen LogP contribution in [0.2, 0.25) is 0 Å². The third-order valence-corrected chi connectivity index (χ3v) is 6.67. The summed E-state index contributed by atoms with van der Waals surface area (Å²) < 4.78 is 0. The van der Waals surface area contributed by atoms with E-state index in [9.17, 15) is 53.4 Å². The SMILES string of the molecule is C[C@@H](O)[C@H](NC(=O)[C@H](CCC(=O)O)NC(=O)[C@H](CCC(=O)O)NC(=O)[C@@H]1CCCN1C(=O)CN)C(=O)N[C@@H](CC(=O)O)C(=O)O. The molecule has 0 aromatic carbocycles. The summed E-state index contributed by atoms with van der Waals surface area (Å²) in [5.41, 5.74) is 5.38. The maximum atomic E-state index is 13.2. The third kappa shape index (κ3) is 12.7. The zero-order valence-corrected chi connectivity index (χ0v) is 24.3. The molecule has 0 aromatic heterocycles. The van der Waals surface area contributed by atoms with Crippen LogP contribution in [0.25, 0.3) is 0 Å². The Kier molecular flexibility index (Phi) is 15.3. The van der Waals surface area contributed by atoms with Gasteiger partial charge < -0.3 is 57.4 Å². The molecule has 1 rings (SSSR count). The molecule has 0 bridgehead atoms. The van der Waals surface area contributed by atoms with Crippen LogP contribution in [0, 0.1) is 0 Å². The Morgan fingerprint density at radius 2 is 1.27 bits per heavy atom. The number of likely N-dealkylation sites (tertiary alicyclic amines) is 1. The summed E-state index contributed by atoms with van der Waals surface area (Å²) in [5.74, 6) is -11.0. The van der Waals surface area contributed by atoms with Crippen molar-refractivity contribution in [3.05, 3.63) is 0 Å². The number of aliphatic hydroxyl groups is 1. The summed E-state index contributed by atoms with van der Waals surface area (Å²) in [5, 5.41) is 54.9. The second kappa shape index (κ2) is 18.1. The summed E-state index contributed by atoms with van der Waals surface area (Å²) >= 11 is 0. The summed E-state index contributed by atoms with van der Waals surface area (Å²) in [4.78, 5) is 110. The zero-order valence-electron chi connectivity index (χ0n) is 24.3. The number of amides is 5. The number of rotatable bonds is 19. The molecule has 0 aromatic rings. The standard InChI is InChI=1S/C25H38N6O14/c1-11(32)20(24(43)29-14(25(44)45)9-19(38)39)30-22(41)13(5-7-18(36)37)27-21(40)12(4-6-17(34)35)28-23(42)15-3-2-8-31(15)16(33)10-26/h11-15,20,32H,2-10,26H2,1H3,(H,27,40)(H,28,42)(H,29,43)(H,30,41)(H,34,35)(H,36,37)(H,38,39)(H,44,45)/t11-,12+,13+,14+,15+,20+/m1/s1. The van der Waals surface area contributed by atoms with Crippen molar-refractivity contribution in [3.8, 4) is 0 Å². The molecule has 20 nitrogen and oxygen atoms in total. The van der Waals surface area contributed by atoms with Crippen LogP contribution in [-0.4, -0.2) is 133 Å². The van der Waals surface area contributed by atoms with Crippen LogP contribution >= 0.6 is 0 Å². The highest BCUT2D eigenvalue weighted by atomic mass is 16.4. The first-order valence-corrected chi connectivity index (χ1v) is 13.8. The Morgan fingerprint density at radius 3 is 1.73 bits per heavy atom. The molecule has 1 saturated heterocycles. The van der Waals surface area contributed by atoms with E-state index in [0.717, 1.165) is 6.92 Å². The highest BCUT2D eigenvalue weighted by Gasteiger charge is 2.37. The van der Waals surface area contributed by atoms with Gasteiger partial charge >= 0.3 is 23.9 Å². The minimum Gasteiger partial charge on any atom is -0.481 e. The first-order valence-electron chi connectivity index (χ1n) is 13.8. The lowest BCUT2D eigenvalue weighted by Crippen LogP contribution is -2.60. The smallest absolute Gasteiger partial charge is 0.326 e. The van der Waals surface area contributed by atoms with Crippen molar-refractivity contribution in [2.75, 3.05) is 13.1 Å². The van der Waals surface area contributed by atoms with E-state index in [1.807, 2.05) is 5.32 Å². The van der Waals surface area contributed by atoms with Gasteiger partial charge in [0.25, 0.3) is 0 Å². The predicted molar refractivity (Wildman–Crippen MR) is 147 cm³/mol. The fourth-order valence-corrected chi connectivity index (χ4v) is 4.36. The van der Waals surface area contributed by atoms with Crippen molar-refractivity contribution in [2.45, 2.75) is 88.2 Å². The van der Waals surface area contributed by atoms with Crippen molar-refractivity contribution in [2.24, 2.45) is 5.73 Å². The van der Waals surface area contributed by atoms with Crippen LogP contribution in [0.4, 0.5) is 0 Å². The Hall–Kier alpha value is -4.85. The number of aliphatic hydroxyl groups excluding tert-OH is 1. The summed E-state index contributed by atoms with van der Waals surface area (Å²) in [7, 11) is 0. The van der Waals surface area contributed by atoms with Gasteiger partial charge in [0, 0.05) is 19.4 Å². The predicted octanol–water partition coefficient (Wildman–Crippen LogP) is -4.46. The van der Waals surface area contributed by atoms with Crippen LogP contribution in [-0.2, 0) is 43.2 Å². The first-order chi connectivity index (χ1) is 21.0. The van der Waals surface area contributed by atoms with E-state index in [-0.39, 0.29) is 19.5 Å². The number of carbonyl (C=O) groups excluding carboxylic acids is 5. The zero-order chi connectivity index (χ0) is 34.4. The fourth-order valence-electron chi connectivity index (χ4n) is 4.36. The van der Waals surface area contributed by atoms with E-state index in [1.165, 1.54) is 4.90 Å². The Morgan fingerprint density at radius 1 is 0.756 bits per heavy atom. The van der Waals surface area contributed by atoms with Crippen molar-refractivity contribution in [1.29, 1.82) is 0 Å². The molecule has 0 spiro atoms. The highest BCUT2D eigenvalue weighted by molar-refractivity contribution is 5.97. The molecule has 6 atom stereocenters. The topological polar surface area (TPSA) is 332 Å². The highest BCUT2D eigenvalue weighted by Crippen LogP contribution is 2.18. The van der Waals surface area contributed by atoms with Gasteiger partial charge in [-0.25, -0.2) is 4.79 Å². The van der Waals surface area contributed by atoms with E-state index in [0.29, 0.717) is 6.42 Å². The molecule has 5 amide bonds. The van der Waals surface area contributed by atoms with Crippen LogP contribution in [0.5, 0.6) is 0 Å². The average molecular weight is 647 g/mol. The largest absolute Gasteiger partial charge is 0.481 e. The van der Waals surface area contributed by atoms with Gasteiger partial charge in [-0.3, -0.25) is 38.4 Å². The minimum absolute atomic E-state index is 0.221. The van der Waals surface area contributed by atoms with E-state index in [4.69, 9.17) is 21.1 Å². The number of carboxylic acids is 4. The molecule has 11 N–H and O–H groups in total. The lowest BCUT2D eigenvalue weighted by Gasteiger charge is -2.28. The van der Waals surface area contributed by atoms with Crippen LogP contribution < -0.4 is 27.0 Å². The monoisotopic (exact) mass is 646 g/mol. The van der Waals surface area contributed by atoms with Gasteiger partial charge in [0.15, 0.2) is 0 Å². The van der Waals surface area contributed by atoms with Gasteiger partial charge in [-0.2, -0.15) is 0 Å². The van der Waals surface area contributed by atoms with Crippen molar-refractivity contribution >= 4 is 53.4 Å². The summed E-state index contributed by atoms with van der Waals surface area (Å²) in [6.07, 6.45) is -4.44. The molecule has 0 radical (unpaired) electrons. The van der Waals surface area contributed by atoms with E-state index in [1.54, 1.807) is 0 Å². The van der Waals surface area contributed by atoms with E-state index in [2.05, 4.69) is 16.0 Å². The van der Waals surface area contributed by atoms with E-state index < -0.39 is 122 Å². The number of nitrogens with two attached hydrogens (primary N) is 1. The van der Waals surface area contributed by atoms with Crippen LogP contribution in [0.15, 0.2) is 0 Å². The van der Waals surface area contributed by atoms with Gasteiger partial charge in [-0.15, -0.1) is 0 Å². The minimum atomic E-state index is -1.94. The second-order valence-corrected chi connectivity index (χ2v) is 10.2. The lowest BCUT2D eigenvalue weighted by molar-refractivity contribution is -0.148. The Balaban J connectivity index is 3.19. The molecule has 0 unspecified atom stereocenters. The number of aliphatic carboxylic acids is 4. The number of carboxylic acid groups (broad SMARTS) is 4.